The molecule has 0 atom stereocenters. The highest BCUT2D eigenvalue weighted by atomic mass is 16.4. The van der Waals surface area contributed by atoms with Crippen LogP contribution in [0.4, 0.5) is 0 Å². The van der Waals surface area contributed by atoms with Crippen LogP contribution < -0.4 is 0 Å². The van der Waals surface area contributed by atoms with E-state index in [0.717, 1.165) is 19.5 Å². The van der Waals surface area contributed by atoms with Gasteiger partial charge >= 0.3 is 5.97 Å². The Morgan fingerprint density at radius 3 is 2.43 bits per heavy atom. The third-order valence-electron chi connectivity index (χ3n) is 1.82. The fraction of sp³-hybridized carbons (Fsp3) is 0.700. The van der Waals surface area contributed by atoms with E-state index in [9.17, 15) is 4.79 Å². The molecule has 4 nitrogen and oxygen atoms in total. The molecule has 0 aromatic rings. The summed E-state index contributed by atoms with van der Waals surface area (Å²) in [5.74, 6) is -0.883. The fourth-order valence-electron chi connectivity index (χ4n) is 1.08. The van der Waals surface area contributed by atoms with Gasteiger partial charge in [-0.05, 0) is 40.7 Å². The van der Waals surface area contributed by atoms with E-state index in [0.29, 0.717) is 6.54 Å². The van der Waals surface area contributed by atoms with Crippen LogP contribution in [0.3, 0.4) is 0 Å². The first-order chi connectivity index (χ1) is 6.52. The molecule has 0 aliphatic rings. The van der Waals surface area contributed by atoms with Crippen molar-refractivity contribution in [2.75, 3.05) is 40.8 Å². The van der Waals surface area contributed by atoms with Crippen molar-refractivity contribution in [3.63, 3.8) is 0 Å². The molecule has 0 fully saturated rings. The predicted molar refractivity (Wildman–Crippen MR) is 57.4 cm³/mol. The summed E-state index contributed by atoms with van der Waals surface area (Å²) in [6, 6.07) is 0. The molecule has 0 spiro atoms. The van der Waals surface area contributed by atoms with E-state index in [1.54, 1.807) is 6.08 Å². The molecule has 0 heterocycles. The lowest BCUT2D eigenvalue weighted by Gasteiger charge is -2.15. The van der Waals surface area contributed by atoms with Crippen molar-refractivity contribution in [3.05, 3.63) is 12.2 Å². The van der Waals surface area contributed by atoms with Gasteiger partial charge in [-0.15, -0.1) is 0 Å². The number of hydrogen-bond acceptors (Lipinski definition) is 3. The Labute approximate surface area is 85.8 Å². The zero-order chi connectivity index (χ0) is 11.0. The number of carboxylic acid groups (broad SMARTS) is 1. The standard InChI is InChI=1S/C10H20N2O2/c1-11(2)7-5-9-12(3)8-4-6-10(13)14/h4,6H,5,7-9H2,1-3H3,(H,13,14). The van der Waals surface area contributed by atoms with Crippen LogP contribution in [0.2, 0.25) is 0 Å². The van der Waals surface area contributed by atoms with E-state index in [2.05, 4.69) is 9.80 Å². The summed E-state index contributed by atoms with van der Waals surface area (Å²) >= 11 is 0. The van der Waals surface area contributed by atoms with Crippen molar-refractivity contribution in [1.29, 1.82) is 0 Å². The Morgan fingerprint density at radius 2 is 1.93 bits per heavy atom. The second kappa shape index (κ2) is 7.53. The largest absolute Gasteiger partial charge is 0.478 e. The summed E-state index contributed by atoms with van der Waals surface area (Å²) in [4.78, 5) is 14.4. The molecule has 1 N–H and O–H groups in total. The summed E-state index contributed by atoms with van der Waals surface area (Å²) in [6.45, 7) is 2.74. The van der Waals surface area contributed by atoms with Crippen molar-refractivity contribution >= 4 is 5.97 Å². The molecular formula is C10H20N2O2. The maximum absolute atomic E-state index is 10.2. The zero-order valence-corrected chi connectivity index (χ0v) is 9.23. The Balaban J connectivity index is 3.45. The predicted octanol–water partition coefficient (Wildman–Crippen LogP) is 0.511. The summed E-state index contributed by atoms with van der Waals surface area (Å²) < 4.78 is 0. The van der Waals surface area contributed by atoms with Crippen molar-refractivity contribution < 1.29 is 9.90 Å². The van der Waals surface area contributed by atoms with Gasteiger partial charge < -0.3 is 14.9 Å². The minimum Gasteiger partial charge on any atom is -0.478 e. The quantitative estimate of drug-likeness (QED) is 0.608. The number of nitrogens with zero attached hydrogens (tertiary/aromatic N) is 2. The highest BCUT2D eigenvalue weighted by Gasteiger charge is 1.96. The lowest BCUT2D eigenvalue weighted by Crippen LogP contribution is -2.23. The number of hydrogen-bond donors (Lipinski definition) is 1. The van der Waals surface area contributed by atoms with E-state index < -0.39 is 5.97 Å². The van der Waals surface area contributed by atoms with Gasteiger partial charge in [-0.1, -0.05) is 6.08 Å². The number of carboxylic acids is 1. The van der Waals surface area contributed by atoms with Crippen LogP contribution >= 0.6 is 0 Å². The van der Waals surface area contributed by atoms with E-state index in [4.69, 9.17) is 5.11 Å². The highest BCUT2D eigenvalue weighted by Crippen LogP contribution is 1.89. The topological polar surface area (TPSA) is 43.8 Å². The van der Waals surface area contributed by atoms with Crippen LogP contribution in [0.1, 0.15) is 6.42 Å². The molecule has 0 aromatic heterocycles. The number of aliphatic carboxylic acids is 1. The first kappa shape index (κ1) is 13.1. The molecule has 0 aliphatic heterocycles. The molecule has 0 saturated carbocycles. The van der Waals surface area contributed by atoms with E-state index >= 15 is 0 Å². The molecule has 0 bridgehead atoms. The van der Waals surface area contributed by atoms with Gasteiger partial charge in [-0.25, -0.2) is 4.79 Å². The molecule has 4 heteroatoms. The first-order valence-electron chi connectivity index (χ1n) is 4.75. The second-order valence-corrected chi connectivity index (χ2v) is 3.66. The molecule has 0 aromatic carbocycles. The third kappa shape index (κ3) is 9.22. The molecule has 0 unspecified atom stereocenters. The SMILES string of the molecule is CN(C)CCCN(C)CC=CC(=O)O. The molecule has 0 radical (unpaired) electrons. The van der Waals surface area contributed by atoms with Crippen molar-refractivity contribution in [2.24, 2.45) is 0 Å². The van der Waals surface area contributed by atoms with Crippen LogP contribution in [-0.2, 0) is 4.79 Å². The molecule has 14 heavy (non-hydrogen) atoms. The van der Waals surface area contributed by atoms with E-state index in [-0.39, 0.29) is 0 Å². The van der Waals surface area contributed by atoms with Gasteiger partial charge in [-0.3, -0.25) is 0 Å². The van der Waals surface area contributed by atoms with Crippen LogP contribution in [0.15, 0.2) is 12.2 Å². The number of rotatable bonds is 7. The van der Waals surface area contributed by atoms with Gasteiger partial charge in [-0.2, -0.15) is 0 Å². The van der Waals surface area contributed by atoms with Gasteiger partial charge in [0.1, 0.15) is 0 Å². The van der Waals surface area contributed by atoms with Gasteiger partial charge in [0.05, 0.1) is 0 Å². The average molecular weight is 200 g/mol. The Morgan fingerprint density at radius 1 is 1.29 bits per heavy atom. The Hall–Kier alpha value is -0.870. The minimum atomic E-state index is -0.883. The highest BCUT2D eigenvalue weighted by molar-refractivity contribution is 5.79. The number of likely N-dealkylation sites (N-methyl/N-ethyl adjacent to an activating group) is 1. The fourth-order valence-corrected chi connectivity index (χ4v) is 1.08. The molecule has 0 amide bonds. The lowest BCUT2D eigenvalue weighted by atomic mass is 10.3. The van der Waals surface area contributed by atoms with Crippen molar-refractivity contribution in [3.8, 4) is 0 Å². The normalized spacial score (nSPS) is 11.8. The van der Waals surface area contributed by atoms with Gasteiger partial charge in [0.15, 0.2) is 0 Å². The molecule has 0 rings (SSSR count). The van der Waals surface area contributed by atoms with E-state index in [1.165, 1.54) is 6.08 Å². The Kier molecular flexibility index (Phi) is 7.06. The minimum absolute atomic E-state index is 0.694. The van der Waals surface area contributed by atoms with Crippen LogP contribution in [0.25, 0.3) is 0 Å². The zero-order valence-electron chi connectivity index (χ0n) is 9.23. The second-order valence-electron chi connectivity index (χ2n) is 3.66. The maximum atomic E-state index is 10.2. The summed E-state index contributed by atoms with van der Waals surface area (Å²) in [6.07, 6.45) is 3.95. The summed E-state index contributed by atoms with van der Waals surface area (Å²) in [5, 5.41) is 8.36. The first-order valence-corrected chi connectivity index (χ1v) is 4.75. The Bertz CT molecular complexity index is 191. The molecule has 0 saturated heterocycles. The lowest BCUT2D eigenvalue weighted by molar-refractivity contribution is -0.131. The van der Waals surface area contributed by atoms with Crippen LogP contribution in [0.5, 0.6) is 0 Å². The smallest absolute Gasteiger partial charge is 0.328 e. The molecule has 82 valence electrons. The summed E-state index contributed by atoms with van der Waals surface area (Å²) in [7, 11) is 6.08. The monoisotopic (exact) mass is 200 g/mol. The maximum Gasteiger partial charge on any atom is 0.328 e. The van der Waals surface area contributed by atoms with E-state index in [1.807, 2.05) is 21.1 Å². The number of carbonyl (C=O) groups is 1. The van der Waals surface area contributed by atoms with Crippen LogP contribution in [0, 0.1) is 0 Å². The summed E-state index contributed by atoms with van der Waals surface area (Å²) in [5.41, 5.74) is 0. The van der Waals surface area contributed by atoms with Crippen LogP contribution in [-0.4, -0.2) is 61.7 Å². The van der Waals surface area contributed by atoms with Gasteiger partial charge in [0, 0.05) is 12.6 Å². The van der Waals surface area contributed by atoms with Crippen molar-refractivity contribution in [2.45, 2.75) is 6.42 Å². The molecular weight excluding hydrogens is 180 g/mol. The molecule has 0 aliphatic carbocycles. The van der Waals surface area contributed by atoms with Crippen molar-refractivity contribution in [1.82, 2.24) is 9.80 Å². The third-order valence-corrected chi connectivity index (χ3v) is 1.82. The van der Waals surface area contributed by atoms with Gasteiger partial charge in [0.2, 0.25) is 0 Å². The average Bonchev–Trinajstić information content (AvgIpc) is 2.02. The van der Waals surface area contributed by atoms with Gasteiger partial charge in [0.25, 0.3) is 0 Å².